The van der Waals surface area contributed by atoms with Gasteiger partial charge in [0.25, 0.3) is 0 Å². The van der Waals surface area contributed by atoms with Crippen LogP contribution in [0.4, 0.5) is 10.1 Å². The van der Waals surface area contributed by atoms with E-state index >= 15 is 4.39 Å². The van der Waals surface area contributed by atoms with Crippen LogP contribution in [-0.4, -0.2) is 92.4 Å². The van der Waals surface area contributed by atoms with Crippen LogP contribution in [0.3, 0.4) is 0 Å². The fourth-order valence-electron chi connectivity index (χ4n) is 7.79. The summed E-state index contributed by atoms with van der Waals surface area (Å²) in [4.78, 5) is 46.4. The maximum atomic E-state index is 16.3. The number of fused-ring (bicyclic) bond motifs is 1. The lowest BCUT2D eigenvalue weighted by molar-refractivity contribution is -0.132. The van der Waals surface area contributed by atoms with Crippen LogP contribution < -0.4 is 9.64 Å². The van der Waals surface area contributed by atoms with Gasteiger partial charge in [-0.3, -0.25) is 24.2 Å². The highest BCUT2D eigenvalue weighted by Crippen LogP contribution is 2.44. The van der Waals surface area contributed by atoms with Gasteiger partial charge in [0, 0.05) is 62.2 Å². The predicted molar refractivity (Wildman–Crippen MR) is 192 cm³/mol. The summed E-state index contributed by atoms with van der Waals surface area (Å²) >= 11 is 0. The molecular weight excluding hydrogens is 647 g/mol. The van der Waals surface area contributed by atoms with Crippen molar-refractivity contribution in [3.8, 4) is 17.3 Å². The van der Waals surface area contributed by atoms with Gasteiger partial charge in [-0.25, -0.2) is 14.4 Å². The minimum atomic E-state index is -0.620. The minimum absolute atomic E-state index is 0.00479. The lowest BCUT2D eigenvalue weighted by Crippen LogP contribution is -2.43. The van der Waals surface area contributed by atoms with Crippen molar-refractivity contribution < 1.29 is 18.7 Å². The van der Waals surface area contributed by atoms with E-state index in [1.807, 2.05) is 50.1 Å². The molecule has 0 radical (unpaired) electrons. The molecule has 51 heavy (non-hydrogen) atoms. The van der Waals surface area contributed by atoms with Gasteiger partial charge in [0.05, 0.1) is 36.0 Å². The van der Waals surface area contributed by atoms with Crippen LogP contribution >= 0.6 is 0 Å². The van der Waals surface area contributed by atoms with E-state index in [2.05, 4.69) is 43.2 Å². The SMILES string of the molecule is CC(C)Oc1ccc(C2=NCc3ccc(N4CC[C@]5(CCN(CC(=O)N6CC=C(c7ccc(-c8ncn(C)n8)cc7)CC6)C5)C4=O)c(F)c32)cn1. The second-order valence-corrected chi connectivity index (χ2v) is 14.2. The molecule has 2 aromatic carbocycles. The van der Waals surface area contributed by atoms with E-state index in [1.54, 1.807) is 34.2 Å². The molecule has 12 heteroatoms. The standard InChI is InChI=1S/C39H41FN8O3/c1-25(2)51-32-11-9-30(21-41-32)36-34-29(20-42-36)8-10-31(35(34)40)48-19-15-39(38(48)50)14-18-46(23-39)22-33(49)47-16-12-27(13-17-47)26-4-6-28(7-5-26)37-43-24-45(3)44-37/h4-12,21,24-25H,13-20,22-23H2,1-3H3/t39-/m0/s1. The van der Waals surface area contributed by atoms with Gasteiger partial charge >= 0.3 is 0 Å². The monoisotopic (exact) mass is 688 g/mol. The van der Waals surface area contributed by atoms with Crippen LogP contribution in [-0.2, 0) is 23.2 Å². The van der Waals surface area contributed by atoms with Crippen molar-refractivity contribution in [2.24, 2.45) is 17.5 Å². The number of aromatic nitrogens is 4. The molecule has 2 amide bonds. The Morgan fingerprint density at radius 1 is 0.980 bits per heavy atom. The molecule has 1 atom stereocenters. The number of carbonyl (C=O) groups excluding carboxylic acids is 2. The molecule has 0 unspecified atom stereocenters. The number of amides is 2. The van der Waals surface area contributed by atoms with Crippen molar-refractivity contribution in [2.75, 3.05) is 44.2 Å². The second-order valence-electron chi connectivity index (χ2n) is 14.2. The van der Waals surface area contributed by atoms with E-state index in [1.165, 1.54) is 5.57 Å². The Morgan fingerprint density at radius 2 is 1.76 bits per heavy atom. The zero-order valence-corrected chi connectivity index (χ0v) is 29.2. The van der Waals surface area contributed by atoms with E-state index in [0.29, 0.717) is 80.7 Å². The van der Waals surface area contributed by atoms with Gasteiger partial charge in [-0.15, -0.1) is 0 Å². The quantitative estimate of drug-likeness (QED) is 0.259. The number of hydrogen-bond acceptors (Lipinski definition) is 8. The molecule has 2 aromatic heterocycles. The summed E-state index contributed by atoms with van der Waals surface area (Å²) in [7, 11) is 1.85. The maximum Gasteiger partial charge on any atom is 0.237 e. The topological polar surface area (TPSA) is 109 Å². The fraction of sp³-hybridized carbons (Fsp3) is 0.385. The van der Waals surface area contributed by atoms with Gasteiger partial charge in [0.1, 0.15) is 6.33 Å². The first kappa shape index (κ1) is 32.9. The molecule has 2 saturated heterocycles. The van der Waals surface area contributed by atoms with Crippen molar-refractivity contribution in [3.05, 3.63) is 95.2 Å². The Labute approximate surface area is 296 Å². The van der Waals surface area contributed by atoms with Gasteiger partial charge in [0.15, 0.2) is 11.6 Å². The van der Waals surface area contributed by atoms with Crippen molar-refractivity contribution >= 4 is 28.8 Å². The van der Waals surface area contributed by atoms with Crippen LogP contribution in [0.25, 0.3) is 17.0 Å². The third-order valence-corrected chi connectivity index (χ3v) is 10.5. The van der Waals surface area contributed by atoms with E-state index in [4.69, 9.17) is 4.74 Å². The number of aryl methyl sites for hydroxylation is 1. The summed E-state index contributed by atoms with van der Waals surface area (Å²) < 4.78 is 23.7. The molecule has 4 aliphatic rings. The summed E-state index contributed by atoms with van der Waals surface area (Å²) in [5.74, 6) is 0.764. The lowest BCUT2D eigenvalue weighted by Gasteiger charge is -2.29. The largest absolute Gasteiger partial charge is 0.475 e. The number of anilines is 1. The van der Waals surface area contributed by atoms with E-state index in [-0.39, 0.29) is 30.2 Å². The molecule has 0 aliphatic carbocycles. The number of pyridine rings is 1. The Morgan fingerprint density at radius 3 is 2.47 bits per heavy atom. The highest BCUT2D eigenvalue weighted by Gasteiger charge is 2.52. The van der Waals surface area contributed by atoms with Gasteiger partial charge < -0.3 is 14.5 Å². The molecule has 262 valence electrons. The summed E-state index contributed by atoms with van der Waals surface area (Å²) in [5.41, 5.74) is 5.45. The fourth-order valence-corrected chi connectivity index (χ4v) is 7.79. The third-order valence-electron chi connectivity index (χ3n) is 10.5. The number of aliphatic imine (C=N–C) groups is 1. The Hall–Kier alpha value is -5.23. The lowest BCUT2D eigenvalue weighted by atomic mass is 9.85. The first-order valence-electron chi connectivity index (χ1n) is 17.6. The molecule has 11 nitrogen and oxygen atoms in total. The van der Waals surface area contributed by atoms with Crippen LogP contribution in [0.15, 0.2) is 72.1 Å². The maximum absolute atomic E-state index is 16.3. The summed E-state index contributed by atoms with van der Waals surface area (Å²) in [6.45, 7) is 7.30. The number of likely N-dealkylation sites (tertiary alicyclic amines) is 1. The number of ether oxygens (including phenoxy) is 1. The molecule has 0 N–H and O–H groups in total. The molecule has 0 saturated carbocycles. The summed E-state index contributed by atoms with van der Waals surface area (Å²) in [5, 5.41) is 4.37. The van der Waals surface area contributed by atoms with E-state index in [9.17, 15) is 9.59 Å². The number of halogens is 1. The van der Waals surface area contributed by atoms with Crippen LogP contribution in [0.1, 0.15) is 55.4 Å². The highest BCUT2D eigenvalue weighted by atomic mass is 19.1. The van der Waals surface area contributed by atoms with Crippen molar-refractivity contribution in [3.63, 3.8) is 0 Å². The average Bonchev–Trinajstić information content (AvgIpc) is 3.93. The van der Waals surface area contributed by atoms with Gasteiger partial charge in [-0.2, -0.15) is 5.10 Å². The van der Waals surface area contributed by atoms with Gasteiger partial charge in [0.2, 0.25) is 17.7 Å². The molecule has 2 fully saturated rings. The second kappa shape index (κ2) is 13.1. The molecule has 0 bridgehead atoms. The zero-order valence-electron chi connectivity index (χ0n) is 29.2. The molecule has 8 rings (SSSR count). The minimum Gasteiger partial charge on any atom is -0.475 e. The molecule has 6 heterocycles. The van der Waals surface area contributed by atoms with Gasteiger partial charge in [-0.05, 0) is 68.5 Å². The smallest absolute Gasteiger partial charge is 0.237 e. The number of hydrogen-bond donors (Lipinski definition) is 0. The normalized spacial score (nSPS) is 20.4. The van der Waals surface area contributed by atoms with Crippen LogP contribution in [0.5, 0.6) is 5.88 Å². The first-order valence-corrected chi connectivity index (χ1v) is 17.6. The van der Waals surface area contributed by atoms with Crippen molar-refractivity contribution in [2.45, 2.75) is 45.8 Å². The van der Waals surface area contributed by atoms with Crippen LogP contribution in [0.2, 0.25) is 0 Å². The van der Waals surface area contributed by atoms with Crippen molar-refractivity contribution in [1.29, 1.82) is 0 Å². The number of nitrogens with zero attached hydrogens (tertiary/aromatic N) is 8. The molecule has 1 spiro atoms. The Bertz CT molecular complexity index is 2060. The van der Waals surface area contributed by atoms with E-state index in [0.717, 1.165) is 23.1 Å². The van der Waals surface area contributed by atoms with E-state index < -0.39 is 11.2 Å². The highest BCUT2D eigenvalue weighted by molar-refractivity contribution is 6.16. The number of carbonyl (C=O) groups is 2. The van der Waals surface area contributed by atoms with Crippen LogP contribution in [0, 0.1) is 11.2 Å². The Balaban J connectivity index is 0.893. The predicted octanol–water partition coefficient (Wildman–Crippen LogP) is 4.90. The molecule has 4 aliphatic heterocycles. The third kappa shape index (κ3) is 6.22. The number of benzene rings is 2. The number of rotatable bonds is 8. The Kier molecular flexibility index (Phi) is 8.49. The summed E-state index contributed by atoms with van der Waals surface area (Å²) in [6.07, 6.45) is 7.52. The molecule has 4 aromatic rings. The summed E-state index contributed by atoms with van der Waals surface area (Å²) in [6, 6.07) is 15.4. The van der Waals surface area contributed by atoms with Crippen molar-refractivity contribution in [1.82, 2.24) is 29.5 Å². The van der Waals surface area contributed by atoms with Gasteiger partial charge in [-0.1, -0.05) is 36.4 Å². The average molecular weight is 689 g/mol. The molecular formula is C39H41FN8O3. The zero-order chi connectivity index (χ0) is 35.3. The first-order chi connectivity index (χ1) is 24.7.